The minimum Gasteiger partial charge on any atom is -0.372 e. The maximum absolute atomic E-state index is 12.8. The molecule has 3 nitrogen and oxygen atoms in total. The summed E-state index contributed by atoms with van der Waals surface area (Å²) in [7, 11) is 0. The van der Waals surface area contributed by atoms with Gasteiger partial charge in [-0.15, -0.1) is 0 Å². The van der Waals surface area contributed by atoms with E-state index in [4.69, 9.17) is 0 Å². The van der Waals surface area contributed by atoms with E-state index < -0.39 is 0 Å². The third kappa shape index (κ3) is 8.15. The van der Waals surface area contributed by atoms with Crippen molar-refractivity contribution < 1.29 is 9.59 Å². The zero-order valence-electron chi connectivity index (χ0n) is 20.3. The molecule has 0 atom stereocenters. The van der Waals surface area contributed by atoms with Crippen LogP contribution in [0.2, 0.25) is 0 Å². The van der Waals surface area contributed by atoms with E-state index in [-0.39, 0.29) is 17.5 Å². The van der Waals surface area contributed by atoms with Crippen LogP contribution < -0.4 is 4.90 Å². The van der Waals surface area contributed by atoms with Gasteiger partial charge in [0.2, 0.25) is 0 Å². The Bertz CT molecular complexity index is 996. The van der Waals surface area contributed by atoms with Crippen molar-refractivity contribution in [3.05, 3.63) is 108 Å². The summed E-state index contributed by atoms with van der Waals surface area (Å²) >= 11 is 0. The number of hydrogen-bond donors (Lipinski definition) is 0. The quantitative estimate of drug-likeness (QED) is 0.294. The lowest BCUT2D eigenvalue weighted by Crippen LogP contribution is -2.21. The van der Waals surface area contributed by atoms with Crippen molar-refractivity contribution in [2.75, 3.05) is 18.0 Å². The second kappa shape index (κ2) is 13.3. The molecule has 0 unspecified atom stereocenters. The van der Waals surface area contributed by atoms with Gasteiger partial charge in [0, 0.05) is 44.5 Å². The van der Waals surface area contributed by atoms with Crippen molar-refractivity contribution in [3.8, 4) is 0 Å². The number of rotatable bonds is 13. The van der Waals surface area contributed by atoms with Crippen molar-refractivity contribution >= 4 is 23.3 Å². The smallest absolute Gasteiger partial charge is 0.137 e. The van der Waals surface area contributed by atoms with Crippen molar-refractivity contribution in [2.24, 2.45) is 5.92 Å². The summed E-state index contributed by atoms with van der Waals surface area (Å²) in [6, 6.07) is 28.0. The van der Waals surface area contributed by atoms with Gasteiger partial charge in [-0.25, -0.2) is 0 Å². The number of Topliss-reactive ketones (excluding diaryl/α,β-unsaturated/α-hetero) is 2. The summed E-state index contributed by atoms with van der Waals surface area (Å²) in [5.74, 6) is 0.199. The van der Waals surface area contributed by atoms with Gasteiger partial charge in [0.1, 0.15) is 11.6 Å². The van der Waals surface area contributed by atoms with Crippen molar-refractivity contribution in [2.45, 2.75) is 39.5 Å². The first-order valence-corrected chi connectivity index (χ1v) is 12.2. The molecule has 0 aliphatic rings. The zero-order valence-corrected chi connectivity index (χ0v) is 20.3. The maximum atomic E-state index is 12.8. The summed E-state index contributed by atoms with van der Waals surface area (Å²) in [5.41, 5.74) is 4.30. The average Bonchev–Trinajstić information content (AvgIpc) is 2.85. The van der Waals surface area contributed by atoms with Crippen molar-refractivity contribution in [1.82, 2.24) is 0 Å². The molecule has 0 heterocycles. The van der Waals surface area contributed by atoms with Gasteiger partial charge < -0.3 is 4.90 Å². The van der Waals surface area contributed by atoms with Gasteiger partial charge in [0.15, 0.2) is 0 Å². The predicted molar refractivity (Wildman–Crippen MR) is 142 cm³/mol. The van der Waals surface area contributed by atoms with Crippen LogP contribution in [0.5, 0.6) is 0 Å². The Balaban J connectivity index is 1.69. The zero-order chi connectivity index (χ0) is 24.2. The lowest BCUT2D eigenvalue weighted by molar-refractivity contribution is -0.120. The lowest BCUT2D eigenvalue weighted by Gasteiger charge is -2.20. The molecule has 0 N–H and O–H groups in total. The Morgan fingerprint density at radius 3 is 1.62 bits per heavy atom. The number of allylic oxidation sites excluding steroid dienone is 1. The Kier molecular flexibility index (Phi) is 9.84. The van der Waals surface area contributed by atoms with Crippen LogP contribution in [0.15, 0.2) is 91.0 Å². The van der Waals surface area contributed by atoms with Crippen LogP contribution in [0.1, 0.15) is 43.4 Å². The summed E-state index contributed by atoms with van der Waals surface area (Å²) < 4.78 is 0. The number of benzene rings is 3. The van der Waals surface area contributed by atoms with Crippen molar-refractivity contribution in [3.63, 3.8) is 0 Å². The standard InChI is InChI=1S/C31H35NO2/c1-3-32(4-2)29-19-17-25(18-20-29)15-16-28(23-30(33)21-26-11-7-5-8-12-26)24-31(34)22-27-13-9-6-10-14-27/h5-20,28H,3-4,21-24H2,1-2H3/b16-15+. The minimum absolute atomic E-state index is 0.116. The van der Waals surface area contributed by atoms with Gasteiger partial charge in [-0.2, -0.15) is 0 Å². The van der Waals surface area contributed by atoms with Gasteiger partial charge >= 0.3 is 0 Å². The molecule has 0 saturated heterocycles. The molecule has 0 bridgehead atoms. The summed E-state index contributed by atoms with van der Waals surface area (Å²) in [6.45, 7) is 6.25. The van der Waals surface area contributed by atoms with E-state index in [0.717, 1.165) is 29.8 Å². The fourth-order valence-corrected chi connectivity index (χ4v) is 4.22. The van der Waals surface area contributed by atoms with E-state index in [9.17, 15) is 9.59 Å². The highest BCUT2D eigenvalue weighted by molar-refractivity contribution is 5.84. The normalized spacial score (nSPS) is 11.1. The second-order valence-corrected chi connectivity index (χ2v) is 8.69. The molecular weight excluding hydrogens is 418 g/mol. The molecule has 3 heteroatoms. The number of hydrogen-bond acceptors (Lipinski definition) is 3. The highest BCUT2D eigenvalue weighted by Crippen LogP contribution is 2.20. The van der Waals surface area contributed by atoms with Crippen LogP contribution in [0.4, 0.5) is 5.69 Å². The Morgan fingerprint density at radius 1 is 0.706 bits per heavy atom. The van der Waals surface area contributed by atoms with Crippen LogP contribution in [-0.4, -0.2) is 24.7 Å². The number of anilines is 1. The first-order valence-electron chi connectivity index (χ1n) is 12.2. The summed E-state index contributed by atoms with van der Waals surface area (Å²) in [6.07, 6.45) is 5.61. The Labute approximate surface area is 204 Å². The number of carbonyl (C=O) groups is 2. The van der Waals surface area contributed by atoms with Gasteiger partial charge in [0.05, 0.1) is 0 Å². The lowest BCUT2D eigenvalue weighted by atomic mass is 9.91. The molecule has 0 aromatic heterocycles. The third-order valence-corrected chi connectivity index (χ3v) is 6.05. The highest BCUT2D eigenvalue weighted by Gasteiger charge is 2.16. The van der Waals surface area contributed by atoms with Gasteiger partial charge in [-0.1, -0.05) is 84.9 Å². The van der Waals surface area contributed by atoms with E-state index in [2.05, 4.69) is 43.0 Å². The van der Waals surface area contributed by atoms with E-state index in [1.165, 1.54) is 5.69 Å². The molecule has 0 spiro atoms. The largest absolute Gasteiger partial charge is 0.372 e. The third-order valence-electron chi connectivity index (χ3n) is 6.05. The molecule has 3 aromatic carbocycles. The minimum atomic E-state index is -0.116. The number of ketones is 2. The van der Waals surface area contributed by atoms with E-state index >= 15 is 0 Å². The van der Waals surface area contributed by atoms with Crippen molar-refractivity contribution in [1.29, 1.82) is 0 Å². The summed E-state index contributed by atoms with van der Waals surface area (Å²) in [4.78, 5) is 27.9. The molecular formula is C31H35NO2. The van der Waals surface area contributed by atoms with Crippen LogP contribution >= 0.6 is 0 Å². The molecule has 34 heavy (non-hydrogen) atoms. The first kappa shape index (κ1) is 25.2. The molecule has 0 fully saturated rings. The number of nitrogens with zero attached hydrogens (tertiary/aromatic N) is 1. The van der Waals surface area contributed by atoms with Gasteiger partial charge in [-0.05, 0) is 48.6 Å². The SMILES string of the molecule is CCN(CC)c1ccc(/C=C/C(CC(=O)Cc2ccccc2)CC(=O)Cc2ccccc2)cc1. The molecule has 0 aliphatic heterocycles. The van der Waals surface area contributed by atoms with Crippen LogP contribution in [0.25, 0.3) is 6.08 Å². The highest BCUT2D eigenvalue weighted by atomic mass is 16.1. The van der Waals surface area contributed by atoms with Gasteiger partial charge in [0.25, 0.3) is 0 Å². The van der Waals surface area contributed by atoms with E-state index in [0.29, 0.717) is 25.7 Å². The molecule has 0 saturated carbocycles. The first-order chi connectivity index (χ1) is 16.6. The molecule has 3 aromatic rings. The number of carbonyl (C=O) groups excluding carboxylic acids is 2. The monoisotopic (exact) mass is 453 g/mol. The fourth-order valence-electron chi connectivity index (χ4n) is 4.22. The topological polar surface area (TPSA) is 37.4 Å². The fraction of sp³-hybridized carbons (Fsp3) is 0.290. The van der Waals surface area contributed by atoms with Crippen LogP contribution in [-0.2, 0) is 22.4 Å². The molecule has 0 aliphatic carbocycles. The van der Waals surface area contributed by atoms with E-state index in [1.54, 1.807) is 0 Å². The Morgan fingerprint density at radius 2 is 1.18 bits per heavy atom. The van der Waals surface area contributed by atoms with E-state index in [1.807, 2.05) is 72.8 Å². The average molecular weight is 454 g/mol. The van der Waals surface area contributed by atoms with Crippen LogP contribution in [0.3, 0.4) is 0 Å². The van der Waals surface area contributed by atoms with Gasteiger partial charge in [-0.3, -0.25) is 9.59 Å². The van der Waals surface area contributed by atoms with Crippen LogP contribution in [0, 0.1) is 5.92 Å². The molecule has 3 rings (SSSR count). The predicted octanol–water partition coefficient (Wildman–Crippen LogP) is 6.57. The molecule has 0 radical (unpaired) electrons. The molecule has 176 valence electrons. The molecule has 0 amide bonds. The Hall–Kier alpha value is -3.46. The maximum Gasteiger partial charge on any atom is 0.137 e. The summed E-state index contributed by atoms with van der Waals surface area (Å²) in [5, 5.41) is 0. The second-order valence-electron chi connectivity index (χ2n) is 8.69.